The molecule has 2 N–H and O–H groups in total. The molecule has 0 unspecified atom stereocenters. The van der Waals surface area contributed by atoms with Gasteiger partial charge in [-0.2, -0.15) is 0 Å². The second-order valence-electron chi connectivity index (χ2n) is 4.63. The first-order valence-electron chi connectivity index (χ1n) is 7.22. The first kappa shape index (κ1) is 19.4. The van der Waals surface area contributed by atoms with Crippen LogP contribution in [0.5, 0.6) is 0 Å². The lowest BCUT2D eigenvalue weighted by Crippen LogP contribution is -2.36. The molecular weight excluding hydrogens is 427 g/mol. The summed E-state index contributed by atoms with van der Waals surface area (Å²) < 4.78 is 0. The quantitative estimate of drug-likeness (QED) is 0.398. The van der Waals surface area contributed by atoms with Crippen molar-refractivity contribution in [2.24, 2.45) is 4.99 Å². The zero-order valence-electron chi connectivity index (χ0n) is 13.2. The van der Waals surface area contributed by atoms with E-state index in [2.05, 4.69) is 53.5 Å². The van der Waals surface area contributed by atoms with Crippen LogP contribution in [0.3, 0.4) is 0 Å². The largest absolute Gasteiger partial charge is 0.357 e. The van der Waals surface area contributed by atoms with Crippen LogP contribution in [0.25, 0.3) is 0 Å². The maximum Gasteiger partial charge on any atom is 0.191 e. The summed E-state index contributed by atoms with van der Waals surface area (Å²) in [5.74, 6) is 0.844. The lowest BCUT2D eigenvalue weighted by molar-refractivity contribution is 0.813. The Balaban J connectivity index is 0.00000242. The van der Waals surface area contributed by atoms with Gasteiger partial charge < -0.3 is 10.6 Å². The van der Waals surface area contributed by atoms with E-state index in [4.69, 9.17) is 0 Å². The SMILES string of the molecule is CCNC(=NCc1ccc(C)s1)NCc1ncc(CC)s1.I. The summed E-state index contributed by atoms with van der Waals surface area (Å²) in [7, 11) is 0. The van der Waals surface area contributed by atoms with Crippen LogP contribution in [0.2, 0.25) is 0 Å². The Bertz CT molecular complexity index is 592. The monoisotopic (exact) mass is 450 g/mol. The Labute approximate surface area is 157 Å². The number of rotatable bonds is 6. The Morgan fingerprint density at radius 1 is 1.18 bits per heavy atom. The van der Waals surface area contributed by atoms with Crippen molar-refractivity contribution in [2.75, 3.05) is 6.54 Å². The van der Waals surface area contributed by atoms with E-state index in [1.165, 1.54) is 14.6 Å². The first-order valence-corrected chi connectivity index (χ1v) is 8.85. The summed E-state index contributed by atoms with van der Waals surface area (Å²) in [5, 5.41) is 7.72. The van der Waals surface area contributed by atoms with E-state index in [9.17, 15) is 0 Å². The molecule has 0 aliphatic carbocycles. The van der Waals surface area contributed by atoms with E-state index >= 15 is 0 Å². The number of thiazole rings is 1. The number of halogens is 1. The summed E-state index contributed by atoms with van der Waals surface area (Å²) in [5.41, 5.74) is 0. The molecule has 0 radical (unpaired) electrons. The van der Waals surface area contributed by atoms with Crippen molar-refractivity contribution >= 4 is 52.6 Å². The zero-order valence-corrected chi connectivity index (χ0v) is 17.1. The van der Waals surface area contributed by atoms with E-state index in [1.807, 2.05) is 6.20 Å². The maximum absolute atomic E-state index is 4.62. The first-order chi connectivity index (χ1) is 10.2. The fraction of sp³-hybridized carbons (Fsp3) is 0.467. The minimum Gasteiger partial charge on any atom is -0.357 e. The van der Waals surface area contributed by atoms with Gasteiger partial charge >= 0.3 is 0 Å². The molecule has 0 fully saturated rings. The minimum atomic E-state index is 0. The van der Waals surface area contributed by atoms with Gasteiger partial charge in [0.25, 0.3) is 0 Å². The van der Waals surface area contributed by atoms with Crippen molar-refractivity contribution in [2.45, 2.75) is 40.3 Å². The summed E-state index contributed by atoms with van der Waals surface area (Å²) >= 11 is 3.55. The maximum atomic E-state index is 4.62. The molecule has 2 aromatic heterocycles. The Hall–Kier alpha value is -0.670. The van der Waals surface area contributed by atoms with Gasteiger partial charge in [-0.3, -0.25) is 0 Å². The highest BCUT2D eigenvalue weighted by Gasteiger charge is 2.03. The molecule has 0 saturated carbocycles. The van der Waals surface area contributed by atoms with Crippen molar-refractivity contribution in [3.8, 4) is 0 Å². The van der Waals surface area contributed by atoms with E-state index in [-0.39, 0.29) is 24.0 Å². The average molecular weight is 450 g/mol. The van der Waals surface area contributed by atoms with Gasteiger partial charge in [0.05, 0.1) is 13.1 Å². The number of aliphatic imine (C=N–C) groups is 1. The number of guanidine groups is 1. The number of nitrogens with zero attached hydrogens (tertiary/aromatic N) is 2. The summed E-state index contributed by atoms with van der Waals surface area (Å²) in [6, 6.07) is 4.28. The van der Waals surface area contributed by atoms with Crippen molar-refractivity contribution in [1.29, 1.82) is 0 Å². The summed E-state index contributed by atoms with van der Waals surface area (Å²) in [6.45, 7) is 8.64. The lowest BCUT2D eigenvalue weighted by Gasteiger charge is -2.09. The van der Waals surface area contributed by atoms with E-state index in [0.717, 1.165) is 30.5 Å². The van der Waals surface area contributed by atoms with Gasteiger partial charge in [0, 0.05) is 27.4 Å². The molecule has 0 bridgehead atoms. The smallest absolute Gasteiger partial charge is 0.191 e. The number of aryl methyl sites for hydroxylation is 2. The molecule has 2 aromatic rings. The molecule has 0 aliphatic rings. The Morgan fingerprint density at radius 3 is 2.59 bits per heavy atom. The van der Waals surface area contributed by atoms with Gasteiger partial charge in [0.2, 0.25) is 0 Å². The molecule has 122 valence electrons. The second kappa shape index (κ2) is 10.2. The second-order valence-corrected chi connectivity index (χ2v) is 7.21. The Morgan fingerprint density at radius 2 is 2.00 bits per heavy atom. The number of thiophene rings is 1. The highest BCUT2D eigenvalue weighted by atomic mass is 127. The molecule has 0 atom stereocenters. The molecule has 2 heterocycles. The lowest BCUT2D eigenvalue weighted by atomic mass is 10.4. The molecule has 0 aromatic carbocycles. The average Bonchev–Trinajstić information content (AvgIpc) is 3.10. The third kappa shape index (κ3) is 6.21. The van der Waals surface area contributed by atoms with Gasteiger partial charge in [-0.15, -0.1) is 46.7 Å². The van der Waals surface area contributed by atoms with Crippen molar-refractivity contribution < 1.29 is 0 Å². The van der Waals surface area contributed by atoms with Gasteiger partial charge in [-0.05, 0) is 32.4 Å². The molecule has 0 spiro atoms. The van der Waals surface area contributed by atoms with Gasteiger partial charge in [-0.25, -0.2) is 9.98 Å². The van der Waals surface area contributed by atoms with Gasteiger partial charge in [0.15, 0.2) is 5.96 Å². The van der Waals surface area contributed by atoms with Gasteiger partial charge in [-0.1, -0.05) is 6.92 Å². The number of hydrogen-bond acceptors (Lipinski definition) is 4. The van der Waals surface area contributed by atoms with Crippen LogP contribution in [0.4, 0.5) is 0 Å². The van der Waals surface area contributed by atoms with E-state index < -0.39 is 0 Å². The third-order valence-corrected chi connectivity index (χ3v) is 5.02. The van der Waals surface area contributed by atoms with Crippen LogP contribution in [0.15, 0.2) is 23.3 Å². The van der Waals surface area contributed by atoms with Crippen LogP contribution >= 0.6 is 46.7 Å². The molecule has 22 heavy (non-hydrogen) atoms. The summed E-state index contributed by atoms with van der Waals surface area (Å²) in [4.78, 5) is 13.0. The molecule has 7 heteroatoms. The number of hydrogen-bond donors (Lipinski definition) is 2. The fourth-order valence-corrected chi connectivity index (χ4v) is 3.44. The predicted octanol–water partition coefficient (Wildman–Crippen LogP) is 3.95. The minimum absolute atomic E-state index is 0. The molecule has 0 saturated heterocycles. The van der Waals surface area contributed by atoms with Crippen molar-refractivity contribution in [3.63, 3.8) is 0 Å². The Kier molecular flexibility index (Phi) is 8.96. The fourth-order valence-electron chi connectivity index (χ4n) is 1.82. The molecule has 2 rings (SSSR count). The molecule has 0 aliphatic heterocycles. The van der Waals surface area contributed by atoms with Crippen LogP contribution in [-0.4, -0.2) is 17.5 Å². The topological polar surface area (TPSA) is 49.3 Å². The van der Waals surface area contributed by atoms with Crippen molar-refractivity contribution in [1.82, 2.24) is 15.6 Å². The van der Waals surface area contributed by atoms with Crippen LogP contribution < -0.4 is 10.6 Å². The molecule has 0 amide bonds. The third-order valence-electron chi connectivity index (χ3n) is 2.89. The van der Waals surface area contributed by atoms with E-state index in [0.29, 0.717) is 6.54 Å². The van der Waals surface area contributed by atoms with Crippen LogP contribution in [-0.2, 0) is 19.5 Å². The van der Waals surface area contributed by atoms with E-state index in [1.54, 1.807) is 22.7 Å². The zero-order chi connectivity index (χ0) is 15.1. The van der Waals surface area contributed by atoms with Gasteiger partial charge in [0.1, 0.15) is 5.01 Å². The highest BCUT2D eigenvalue weighted by molar-refractivity contribution is 14.0. The van der Waals surface area contributed by atoms with Crippen molar-refractivity contribution in [3.05, 3.63) is 38.0 Å². The summed E-state index contributed by atoms with van der Waals surface area (Å²) in [6.07, 6.45) is 3.00. The normalized spacial score (nSPS) is 11.1. The number of nitrogens with one attached hydrogen (secondary N) is 2. The standard InChI is InChI=1S/C15H22N4S2.HI/c1-4-12-8-17-14(21-12)10-19-15(16-5-2)18-9-13-7-6-11(3)20-13;/h6-8H,4-5,9-10H2,1-3H3,(H2,16,18,19);1H. The number of aromatic nitrogens is 1. The highest BCUT2D eigenvalue weighted by Crippen LogP contribution is 2.16. The van der Waals surface area contributed by atoms with Crippen LogP contribution in [0.1, 0.15) is 33.5 Å². The molecular formula is C15H23IN4S2. The van der Waals surface area contributed by atoms with Crippen LogP contribution in [0, 0.1) is 6.92 Å². The predicted molar refractivity (Wildman–Crippen MR) is 108 cm³/mol. The molecule has 4 nitrogen and oxygen atoms in total.